The predicted molar refractivity (Wildman–Crippen MR) is 158 cm³/mol. The summed E-state index contributed by atoms with van der Waals surface area (Å²) >= 11 is 0. The van der Waals surface area contributed by atoms with Crippen molar-refractivity contribution >= 4 is 51.0 Å². The van der Waals surface area contributed by atoms with Crippen LogP contribution in [0.1, 0.15) is 31.1 Å². The van der Waals surface area contributed by atoms with Gasteiger partial charge in [0.1, 0.15) is 11.3 Å². The number of hydrogen-bond acceptors (Lipinski definition) is 7. The molecule has 0 saturated carbocycles. The van der Waals surface area contributed by atoms with Crippen molar-refractivity contribution in [3.63, 3.8) is 0 Å². The number of morpholine rings is 1. The smallest absolute Gasteiger partial charge is 0.412 e. The van der Waals surface area contributed by atoms with Gasteiger partial charge in [0.15, 0.2) is 5.82 Å². The third-order valence-electron chi connectivity index (χ3n) is 6.68. The van der Waals surface area contributed by atoms with E-state index in [4.69, 9.17) is 14.5 Å². The van der Waals surface area contributed by atoms with Crippen LogP contribution in [0.4, 0.5) is 21.9 Å². The lowest BCUT2D eigenvalue weighted by atomic mass is 10.1. The van der Waals surface area contributed by atoms with Crippen LogP contribution in [0.15, 0.2) is 60.7 Å². The Bertz CT molecular complexity index is 1730. The van der Waals surface area contributed by atoms with Gasteiger partial charge in [-0.3, -0.25) is 15.2 Å². The number of amides is 2. The second kappa shape index (κ2) is 10.6. The molecule has 41 heavy (non-hydrogen) atoms. The van der Waals surface area contributed by atoms with Gasteiger partial charge in [0.05, 0.1) is 29.8 Å². The summed E-state index contributed by atoms with van der Waals surface area (Å²) in [6.45, 7) is 8.55. The first-order valence-corrected chi connectivity index (χ1v) is 13.4. The lowest BCUT2D eigenvalue weighted by molar-refractivity contribution is 0.0635. The molecule has 1 aliphatic rings. The summed E-state index contributed by atoms with van der Waals surface area (Å²) < 4.78 is 10.7. The number of imidazole rings is 1. The predicted octanol–water partition coefficient (Wildman–Crippen LogP) is 5.54. The molecular weight excluding hydrogens is 522 g/mol. The minimum atomic E-state index is -0.592. The Morgan fingerprint density at radius 3 is 2.39 bits per heavy atom. The normalized spacial score (nSPS) is 13.9. The number of nitrogens with one attached hydrogen (secondary N) is 4. The molecule has 0 bridgehead atoms. The van der Waals surface area contributed by atoms with Crippen molar-refractivity contribution in [3.05, 3.63) is 66.2 Å². The molecule has 2 amide bonds. The Balaban J connectivity index is 1.19. The van der Waals surface area contributed by atoms with Crippen molar-refractivity contribution in [1.82, 2.24) is 20.2 Å². The lowest BCUT2D eigenvalue weighted by Gasteiger charge is -2.28. The largest absolute Gasteiger partial charge is 0.444 e. The number of aromatic nitrogens is 4. The summed E-state index contributed by atoms with van der Waals surface area (Å²) in [5.74, 6) is 0.350. The highest BCUT2D eigenvalue weighted by Crippen LogP contribution is 2.29. The molecule has 3 aromatic carbocycles. The third kappa shape index (κ3) is 5.85. The van der Waals surface area contributed by atoms with E-state index in [9.17, 15) is 9.59 Å². The van der Waals surface area contributed by atoms with E-state index < -0.39 is 11.7 Å². The maximum absolute atomic E-state index is 13.1. The number of rotatable bonds is 5. The minimum Gasteiger partial charge on any atom is -0.444 e. The Morgan fingerprint density at radius 2 is 1.66 bits per heavy atom. The number of benzene rings is 3. The highest BCUT2D eigenvalue weighted by Gasteiger charge is 2.18. The van der Waals surface area contributed by atoms with E-state index >= 15 is 0 Å². The SMILES string of the molecule is CC(C)(C)OC(=O)Nc1ccc(NC(=O)c2ccc3[nH]nc(-c4nc5ccc(N6CCOCC6)cc5[nH]4)c3c2)cc1. The van der Waals surface area contributed by atoms with Gasteiger partial charge in [-0.2, -0.15) is 5.10 Å². The molecule has 5 aromatic rings. The van der Waals surface area contributed by atoms with E-state index in [0.29, 0.717) is 28.5 Å². The first-order valence-electron chi connectivity index (χ1n) is 13.4. The standard InChI is InChI=1S/C30H31N7O4/c1-30(2,3)41-29(39)32-20-7-5-19(6-8-20)31-28(38)18-4-10-23-22(16-18)26(36-35-23)27-33-24-11-9-21(17-25(24)34-27)37-12-14-40-15-13-37/h4-11,16-17H,12-15H2,1-3H3,(H,31,38)(H,32,39)(H,33,34)(H,35,36). The van der Waals surface area contributed by atoms with Crippen molar-refractivity contribution in [1.29, 1.82) is 0 Å². The minimum absolute atomic E-state index is 0.272. The van der Waals surface area contributed by atoms with Gasteiger partial charge >= 0.3 is 6.09 Å². The van der Waals surface area contributed by atoms with E-state index in [-0.39, 0.29) is 5.91 Å². The van der Waals surface area contributed by atoms with Gasteiger partial charge in [-0.05, 0) is 81.4 Å². The average Bonchev–Trinajstić information content (AvgIpc) is 3.56. The second-order valence-electron chi connectivity index (χ2n) is 10.9. The molecule has 1 fully saturated rings. The fourth-order valence-electron chi connectivity index (χ4n) is 4.73. The summed E-state index contributed by atoms with van der Waals surface area (Å²) in [5.41, 5.74) is 5.34. The summed E-state index contributed by atoms with van der Waals surface area (Å²) in [5, 5.41) is 13.9. The Kier molecular flexibility index (Phi) is 6.80. The molecule has 210 valence electrons. The highest BCUT2D eigenvalue weighted by molar-refractivity contribution is 6.07. The van der Waals surface area contributed by atoms with Crippen LogP contribution in [0.2, 0.25) is 0 Å². The summed E-state index contributed by atoms with van der Waals surface area (Å²) in [7, 11) is 0. The maximum atomic E-state index is 13.1. The molecule has 4 N–H and O–H groups in total. The number of ether oxygens (including phenoxy) is 2. The molecule has 0 aliphatic carbocycles. The molecule has 6 rings (SSSR count). The molecule has 11 nitrogen and oxygen atoms in total. The first kappa shape index (κ1) is 26.3. The van der Waals surface area contributed by atoms with Crippen LogP contribution in [0.25, 0.3) is 33.5 Å². The van der Waals surface area contributed by atoms with Gasteiger partial charge in [0.25, 0.3) is 5.91 Å². The summed E-state index contributed by atoms with van der Waals surface area (Å²) in [6.07, 6.45) is -0.541. The number of anilines is 3. The maximum Gasteiger partial charge on any atom is 0.412 e. The molecule has 3 heterocycles. The molecule has 0 atom stereocenters. The van der Waals surface area contributed by atoms with Crippen LogP contribution in [0.5, 0.6) is 0 Å². The zero-order valence-corrected chi connectivity index (χ0v) is 23.1. The van der Waals surface area contributed by atoms with Crippen LogP contribution >= 0.6 is 0 Å². The fourth-order valence-corrected chi connectivity index (χ4v) is 4.73. The molecular formula is C30H31N7O4. The summed E-state index contributed by atoms with van der Waals surface area (Å²) in [4.78, 5) is 35.6. The van der Waals surface area contributed by atoms with Crippen LogP contribution in [-0.2, 0) is 9.47 Å². The van der Waals surface area contributed by atoms with Crippen molar-refractivity contribution in [3.8, 4) is 11.5 Å². The Labute approximate surface area is 236 Å². The average molecular weight is 554 g/mol. The fraction of sp³-hybridized carbons (Fsp3) is 0.267. The number of aromatic amines is 2. The highest BCUT2D eigenvalue weighted by atomic mass is 16.6. The number of fused-ring (bicyclic) bond motifs is 2. The zero-order valence-electron chi connectivity index (χ0n) is 23.1. The van der Waals surface area contributed by atoms with E-state index in [1.54, 1.807) is 57.2 Å². The van der Waals surface area contributed by atoms with Crippen LogP contribution in [0.3, 0.4) is 0 Å². The molecule has 0 unspecified atom stereocenters. The molecule has 1 aliphatic heterocycles. The van der Waals surface area contributed by atoms with E-state index in [1.807, 2.05) is 12.1 Å². The number of H-pyrrole nitrogens is 2. The number of carbonyl (C=O) groups is 2. The van der Waals surface area contributed by atoms with Gasteiger partial charge < -0.3 is 24.7 Å². The molecule has 0 spiro atoms. The van der Waals surface area contributed by atoms with Crippen LogP contribution in [-0.4, -0.2) is 64.1 Å². The third-order valence-corrected chi connectivity index (χ3v) is 6.68. The van der Waals surface area contributed by atoms with Crippen molar-refractivity contribution < 1.29 is 19.1 Å². The van der Waals surface area contributed by atoms with Gasteiger partial charge in [-0.1, -0.05) is 0 Å². The van der Waals surface area contributed by atoms with E-state index in [0.717, 1.165) is 53.9 Å². The number of nitrogens with zero attached hydrogens (tertiary/aromatic N) is 3. The number of hydrogen-bond donors (Lipinski definition) is 4. The van der Waals surface area contributed by atoms with Gasteiger partial charge in [0.2, 0.25) is 0 Å². The Morgan fingerprint density at radius 1 is 0.927 bits per heavy atom. The van der Waals surface area contributed by atoms with Gasteiger partial charge in [0, 0.05) is 41.1 Å². The van der Waals surface area contributed by atoms with Crippen LogP contribution < -0.4 is 15.5 Å². The second-order valence-corrected chi connectivity index (χ2v) is 10.9. The quantitative estimate of drug-likeness (QED) is 0.224. The van der Waals surface area contributed by atoms with Crippen molar-refractivity contribution in [2.75, 3.05) is 41.8 Å². The van der Waals surface area contributed by atoms with Crippen LogP contribution in [0, 0.1) is 0 Å². The molecule has 11 heteroatoms. The number of carbonyl (C=O) groups excluding carboxylic acids is 2. The van der Waals surface area contributed by atoms with Crippen molar-refractivity contribution in [2.24, 2.45) is 0 Å². The topological polar surface area (TPSA) is 137 Å². The monoisotopic (exact) mass is 553 g/mol. The summed E-state index contributed by atoms with van der Waals surface area (Å²) in [6, 6.07) is 18.4. The lowest BCUT2D eigenvalue weighted by Crippen LogP contribution is -2.36. The van der Waals surface area contributed by atoms with Crippen molar-refractivity contribution in [2.45, 2.75) is 26.4 Å². The van der Waals surface area contributed by atoms with Gasteiger partial charge in [-0.25, -0.2) is 9.78 Å². The van der Waals surface area contributed by atoms with Gasteiger partial charge in [-0.15, -0.1) is 0 Å². The molecule has 2 aromatic heterocycles. The van der Waals surface area contributed by atoms with E-state index in [2.05, 4.69) is 42.8 Å². The molecule has 1 saturated heterocycles. The Hall–Kier alpha value is -4.90. The zero-order chi connectivity index (χ0) is 28.6. The van der Waals surface area contributed by atoms with E-state index in [1.165, 1.54) is 0 Å². The molecule has 0 radical (unpaired) electrons. The first-order chi connectivity index (χ1) is 19.7.